The second-order valence-corrected chi connectivity index (χ2v) is 8.21. The van der Waals surface area contributed by atoms with E-state index in [0.29, 0.717) is 12.6 Å². The van der Waals surface area contributed by atoms with E-state index in [9.17, 15) is 4.79 Å². The average Bonchev–Trinajstić information content (AvgIpc) is 3.43. The highest BCUT2D eigenvalue weighted by Crippen LogP contribution is 2.29. The van der Waals surface area contributed by atoms with E-state index in [1.165, 1.54) is 5.56 Å². The average molecular weight is 416 g/mol. The van der Waals surface area contributed by atoms with Gasteiger partial charge in [-0.2, -0.15) is 5.10 Å². The Bertz CT molecular complexity index is 1240. The molecule has 0 aliphatic carbocycles. The number of quaternary nitrogens is 1. The molecule has 6 nitrogen and oxygen atoms in total. The van der Waals surface area contributed by atoms with Crippen LogP contribution in [0, 0.1) is 6.92 Å². The van der Waals surface area contributed by atoms with Crippen LogP contribution in [0.5, 0.6) is 0 Å². The Kier molecular flexibility index (Phi) is 5.40. The first kappa shape index (κ1) is 19.7. The van der Waals surface area contributed by atoms with Gasteiger partial charge in [0.15, 0.2) is 0 Å². The summed E-state index contributed by atoms with van der Waals surface area (Å²) in [6.45, 7) is 4.42. The number of para-hydroxylation sites is 1. The first-order valence-electron chi connectivity index (χ1n) is 10.9. The predicted octanol–water partition coefficient (Wildman–Crippen LogP) is 2.93. The molecule has 3 heterocycles. The highest BCUT2D eigenvalue weighted by Gasteiger charge is 2.19. The smallest absolute Gasteiger partial charge is 0.258 e. The summed E-state index contributed by atoms with van der Waals surface area (Å²) in [6.07, 6.45) is 2.53. The summed E-state index contributed by atoms with van der Waals surface area (Å²) in [6, 6.07) is 20.3. The van der Waals surface area contributed by atoms with Crippen molar-refractivity contribution in [3.8, 4) is 16.9 Å². The van der Waals surface area contributed by atoms with Gasteiger partial charge in [0.05, 0.1) is 11.3 Å². The molecule has 0 radical (unpaired) electrons. The van der Waals surface area contributed by atoms with Gasteiger partial charge in [-0.05, 0) is 38.0 Å². The summed E-state index contributed by atoms with van der Waals surface area (Å²) in [5.41, 5.74) is 5.43. The van der Waals surface area contributed by atoms with Crippen LogP contribution in [0.4, 0.5) is 0 Å². The number of H-pyrrole nitrogens is 1. The van der Waals surface area contributed by atoms with Gasteiger partial charge in [0.25, 0.3) is 5.56 Å². The Balaban J connectivity index is 1.56. The van der Waals surface area contributed by atoms with Gasteiger partial charge < -0.3 is 15.0 Å². The first-order valence-corrected chi connectivity index (χ1v) is 10.9. The maximum Gasteiger partial charge on any atom is 0.258 e. The second-order valence-electron chi connectivity index (χ2n) is 8.21. The van der Waals surface area contributed by atoms with Gasteiger partial charge in [0.2, 0.25) is 0 Å². The third-order valence-electron chi connectivity index (χ3n) is 5.91. The molecule has 1 aliphatic rings. The number of hydrogen-bond donors (Lipinski definition) is 2. The molecule has 5 rings (SSSR count). The third-order valence-corrected chi connectivity index (χ3v) is 5.91. The van der Waals surface area contributed by atoms with Crippen LogP contribution >= 0.6 is 0 Å². The number of aromatic amines is 1. The lowest BCUT2D eigenvalue weighted by atomic mass is 10.1. The second kappa shape index (κ2) is 8.49. The molecule has 31 heavy (non-hydrogen) atoms. The predicted molar refractivity (Wildman–Crippen MR) is 121 cm³/mol. The lowest BCUT2D eigenvalue weighted by molar-refractivity contribution is -0.676. The Morgan fingerprint density at radius 3 is 2.71 bits per heavy atom. The molecular formula is C25H27N4O2+. The van der Waals surface area contributed by atoms with Crippen LogP contribution in [0.3, 0.4) is 0 Å². The van der Waals surface area contributed by atoms with Crippen molar-refractivity contribution in [1.82, 2.24) is 14.8 Å². The van der Waals surface area contributed by atoms with E-state index in [1.807, 2.05) is 41.1 Å². The van der Waals surface area contributed by atoms with Crippen LogP contribution in [-0.2, 0) is 11.3 Å². The number of fused-ring (bicyclic) bond motifs is 1. The van der Waals surface area contributed by atoms with Crippen molar-refractivity contribution in [1.29, 1.82) is 0 Å². The molecule has 2 aromatic carbocycles. The summed E-state index contributed by atoms with van der Waals surface area (Å²) in [7, 11) is 0. The summed E-state index contributed by atoms with van der Waals surface area (Å²) in [5, 5.41) is 8.02. The number of hydrogen-bond acceptors (Lipinski definition) is 3. The van der Waals surface area contributed by atoms with Crippen molar-refractivity contribution < 1.29 is 10.1 Å². The van der Waals surface area contributed by atoms with E-state index < -0.39 is 0 Å². The molecule has 0 spiro atoms. The molecule has 3 N–H and O–H groups in total. The van der Waals surface area contributed by atoms with Crippen LogP contribution in [-0.4, -0.2) is 34.0 Å². The molecule has 0 bridgehead atoms. The van der Waals surface area contributed by atoms with Crippen LogP contribution in [0.25, 0.3) is 28.0 Å². The maximum atomic E-state index is 12.9. The van der Waals surface area contributed by atoms with Gasteiger partial charge in [0.1, 0.15) is 30.5 Å². The molecular weight excluding hydrogens is 388 g/mol. The molecule has 1 aliphatic heterocycles. The van der Waals surface area contributed by atoms with Gasteiger partial charge in [-0.3, -0.25) is 4.79 Å². The molecule has 0 amide bonds. The topological polar surface area (TPSA) is 76.5 Å². The van der Waals surface area contributed by atoms with E-state index in [4.69, 9.17) is 9.84 Å². The highest BCUT2D eigenvalue weighted by atomic mass is 16.5. The molecule has 0 saturated carbocycles. The van der Waals surface area contributed by atoms with E-state index in [-0.39, 0.29) is 5.56 Å². The molecule has 4 aromatic rings. The number of aromatic nitrogens is 3. The molecule has 0 unspecified atom stereocenters. The van der Waals surface area contributed by atoms with E-state index in [2.05, 4.69) is 41.5 Å². The number of nitrogens with one attached hydrogen (secondary N) is 1. The number of aryl methyl sites for hydroxylation is 1. The van der Waals surface area contributed by atoms with Crippen molar-refractivity contribution >= 4 is 11.0 Å². The SMILES string of the molecule is Cc1ccc(-c2nn(-c3ccccc3)c3[nH]c(=O)c(C[NH2+]C[C@@H]4CCCO4)cc23)cc1. The maximum absolute atomic E-state index is 12.9. The van der Waals surface area contributed by atoms with Crippen LogP contribution in [0.15, 0.2) is 65.5 Å². The van der Waals surface area contributed by atoms with Crippen LogP contribution < -0.4 is 10.9 Å². The minimum absolute atomic E-state index is 0.0661. The fourth-order valence-corrected chi connectivity index (χ4v) is 4.20. The monoisotopic (exact) mass is 415 g/mol. The van der Waals surface area contributed by atoms with E-state index >= 15 is 0 Å². The Hall–Kier alpha value is -3.22. The van der Waals surface area contributed by atoms with Crippen molar-refractivity contribution in [2.45, 2.75) is 32.4 Å². The van der Waals surface area contributed by atoms with Crippen molar-refractivity contribution in [2.24, 2.45) is 0 Å². The standard InChI is InChI=1S/C25H26N4O2/c1-17-9-11-18(12-10-17)23-22-14-19(15-26-16-21-8-5-13-31-21)25(30)27-24(22)29(28-23)20-6-3-2-4-7-20/h2-4,6-7,9-12,14,21,26H,5,8,13,15-16H2,1H3,(H,27,30)/p+1/t21-/m0/s1. The summed E-state index contributed by atoms with van der Waals surface area (Å²) in [5.74, 6) is 0. The lowest BCUT2D eigenvalue weighted by Crippen LogP contribution is -2.85. The number of pyridine rings is 1. The number of nitrogens with zero attached hydrogens (tertiary/aromatic N) is 2. The first-order chi connectivity index (χ1) is 15.2. The molecule has 6 heteroatoms. The largest absolute Gasteiger partial charge is 0.372 e. The van der Waals surface area contributed by atoms with Crippen LogP contribution in [0.1, 0.15) is 24.0 Å². The molecule has 2 aromatic heterocycles. The minimum atomic E-state index is -0.0661. The van der Waals surface area contributed by atoms with E-state index in [0.717, 1.165) is 59.5 Å². The van der Waals surface area contributed by atoms with Gasteiger partial charge in [-0.15, -0.1) is 0 Å². The number of rotatable bonds is 6. The molecule has 1 saturated heterocycles. The Morgan fingerprint density at radius 1 is 1.16 bits per heavy atom. The van der Waals surface area contributed by atoms with Gasteiger partial charge in [-0.1, -0.05) is 48.0 Å². The minimum Gasteiger partial charge on any atom is -0.372 e. The number of ether oxygens (including phenoxy) is 1. The highest BCUT2D eigenvalue weighted by molar-refractivity contribution is 5.92. The third kappa shape index (κ3) is 4.04. The molecule has 1 atom stereocenters. The Morgan fingerprint density at radius 2 is 1.97 bits per heavy atom. The van der Waals surface area contributed by atoms with Crippen molar-refractivity contribution in [3.63, 3.8) is 0 Å². The summed E-state index contributed by atoms with van der Waals surface area (Å²) >= 11 is 0. The summed E-state index contributed by atoms with van der Waals surface area (Å²) < 4.78 is 7.52. The number of nitrogens with two attached hydrogens (primary N) is 1. The zero-order valence-electron chi connectivity index (χ0n) is 17.7. The van der Waals surface area contributed by atoms with Crippen LogP contribution in [0.2, 0.25) is 0 Å². The van der Waals surface area contributed by atoms with Gasteiger partial charge >= 0.3 is 0 Å². The zero-order valence-corrected chi connectivity index (χ0v) is 17.7. The normalized spacial score (nSPS) is 16.2. The molecule has 158 valence electrons. The summed E-state index contributed by atoms with van der Waals surface area (Å²) in [4.78, 5) is 16.0. The fraction of sp³-hybridized carbons (Fsp3) is 0.280. The quantitative estimate of drug-likeness (QED) is 0.508. The van der Waals surface area contributed by atoms with Gasteiger partial charge in [0, 0.05) is 17.6 Å². The zero-order chi connectivity index (χ0) is 21.2. The number of benzene rings is 2. The molecule has 1 fully saturated rings. The van der Waals surface area contributed by atoms with Crippen molar-refractivity contribution in [2.75, 3.05) is 13.2 Å². The Labute approximate surface area is 180 Å². The van der Waals surface area contributed by atoms with Gasteiger partial charge in [-0.25, -0.2) is 4.68 Å². The van der Waals surface area contributed by atoms with E-state index in [1.54, 1.807) is 0 Å². The lowest BCUT2D eigenvalue weighted by Gasteiger charge is -2.08. The fourth-order valence-electron chi connectivity index (χ4n) is 4.20. The van der Waals surface area contributed by atoms with Crippen molar-refractivity contribution in [3.05, 3.63) is 82.1 Å².